The summed E-state index contributed by atoms with van der Waals surface area (Å²) in [5.41, 5.74) is 1.25. The third kappa shape index (κ3) is 11.6. The zero-order valence-corrected chi connectivity index (χ0v) is 24.1. The van der Waals surface area contributed by atoms with E-state index in [0.717, 1.165) is 5.92 Å². The van der Waals surface area contributed by atoms with Crippen molar-refractivity contribution in [3.63, 3.8) is 0 Å². The number of ketones is 2. The van der Waals surface area contributed by atoms with Crippen LogP contribution in [0.1, 0.15) is 77.2 Å². The highest BCUT2D eigenvalue weighted by atomic mass is 19.1. The van der Waals surface area contributed by atoms with Gasteiger partial charge in [-0.2, -0.15) is 0 Å². The van der Waals surface area contributed by atoms with E-state index in [1.165, 1.54) is 24.3 Å². The number of benzene rings is 2. The highest BCUT2D eigenvalue weighted by Gasteiger charge is 2.41. The predicted octanol–water partition coefficient (Wildman–Crippen LogP) is 8.08. The second kappa shape index (κ2) is 18.6. The molecule has 0 radical (unpaired) electrons. The normalized spacial score (nSPS) is 12.6. The van der Waals surface area contributed by atoms with Crippen LogP contribution in [0.4, 0.5) is 4.39 Å². The highest BCUT2D eigenvalue weighted by Crippen LogP contribution is 2.32. The predicted molar refractivity (Wildman–Crippen MR) is 156 cm³/mol. The van der Waals surface area contributed by atoms with E-state index in [9.17, 15) is 18.8 Å². The summed E-state index contributed by atoms with van der Waals surface area (Å²) in [6.45, 7) is 19.3. The fraction of sp³-hybridized carbons (Fsp3) is 0.364. The van der Waals surface area contributed by atoms with Crippen LogP contribution in [-0.4, -0.2) is 17.5 Å². The first-order chi connectivity index (χ1) is 18.0. The fourth-order valence-electron chi connectivity index (χ4n) is 3.36. The van der Waals surface area contributed by atoms with E-state index in [0.29, 0.717) is 11.3 Å². The van der Waals surface area contributed by atoms with Crippen LogP contribution < -0.4 is 5.32 Å². The summed E-state index contributed by atoms with van der Waals surface area (Å²) in [5, 5.41) is 2.76. The molecule has 0 aliphatic rings. The second-order valence-corrected chi connectivity index (χ2v) is 9.35. The average molecular weight is 522 g/mol. The second-order valence-electron chi connectivity index (χ2n) is 9.35. The maximum absolute atomic E-state index is 13.6. The molecule has 2 atom stereocenters. The largest absolute Gasteiger partial charge is 0.326 e. The lowest BCUT2D eigenvalue weighted by molar-refractivity contribution is -0.136. The van der Waals surface area contributed by atoms with Crippen molar-refractivity contribution in [1.29, 1.82) is 0 Å². The van der Waals surface area contributed by atoms with E-state index in [-0.39, 0.29) is 11.3 Å². The quantitative estimate of drug-likeness (QED) is 0.195. The van der Waals surface area contributed by atoms with Crippen LogP contribution in [0.25, 0.3) is 0 Å². The van der Waals surface area contributed by atoms with Crippen LogP contribution in [-0.2, 0) is 9.59 Å². The Hall–Kier alpha value is -3.60. The molecular weight excluding hydrogens is 477 g/mol. The number of allylic oxidation sites excluding steroid dienone is 4. The number of carbonyl (C=O) groups excluding carboxylic acids is 3. The number of rotatable bonds is 10. The van der Waals surface area contributed by atoms with Gasteiger partial charge in [0.05, 0.1) is 5.92 Å². The number of amides is 1. The number of halogens is 1. The van der Waals surface area contributed by atoms with E-state index in [4.69, 9.17) is 0 Å². The monoisotopic (exact) mass is 521 g/mol. The zero-order valence-electron chi connectivity index (χ0n) is 24.1. The molecule has 0 saturated carbocycles. The van der Waals surface area contributed by atoms with Gasteiger partial charge in [0.2, 0.25) is 5.91 Å². The van der Waals surface area contributed by atoms with Crippen LogP contribution in [0, 0.1) is 23.6 Å². The molecule has 2 rings (SSSR count). The summed E-state index contributed by atoms with van der Waals surface area (Å²) >= 11 is 0. The molecule has 206 valence electrons. The molecule has 2 unspecified atom stereocenters. The molecular formula is C33H44FNO3. The standard InChI is InChI=1S/C27H28FNO3.C4H10.C2H6/c1-5-7-13-22(6-2)29-27(32)24(25(30)18(3)4)23(19-11-9-8-10-12-19)26(31)20-14-16-21(28)17-15-20;1-4(2)3;1-2/h5-18,23-24H,1H2,2-4H3,(H,29,32);4H,1-3H3;1-2H3/b13-7-,22-6+;;. The van der Waals surface area contributed by atoms with E-state index in [1.54, 1.807) is 75.4 Å². The van der Waals surface area contributed by atoms with Gasteiger partial charge in [-0.05, 0) is 48.7 Å². The van der Waals surface area contributed by atoms with E-state index in [2.05, 4.69) is 32.7 Å². The van der Waals surface area contributed by atoms with Gasteiger partial charge in [0, 0.05) is 17.2 Å². The maximum atomic E-state index is 13.6. The van der Waals surface area contributed by atoms with Crippen LogP contribution in [0.3, 0.4) is 0 Å². The molecule has 5 heteroatoms. The van der Waals surface area contributed by atoms with Crippen LogP contribution in [0.5, 0.6) is 0 Å². The van der Waals surface area contributed by atoms with Gasteiger partial charge >= 0.3 is 0 Å². The molecule has 0 heterocycles. The Bertz CT molecular complexity index is 1060. The minimum atomic E-state index is -1.26. The summed E-state index contributed by atoms with van der Waals surface area (Å²) in [6.07, 6.45) is 6.57. The molecule has 4 nitrogen and oxygen atoms in total. The molecule has 0 spiro atoms. The molecule has 1 amide bonds. The zero-order chi connectivity index (χ0) is 29.3. The smallest absolute Gasteiger partial charge is 0.236 e. The van der Waals surface area contributed by atoms with Gasteiger partial charge in [0.1, 0.15) is 17.5 Å². The Balaban J connectivity index is 0.00000208. The maximum Gasteiger partial charge on any atom is 0.236 e. The summed E-state index contributed by atoms with van der Waals surface area (Å²) in [7, 11) is 0. The number of Topliss-reactive ketones (excluding diaryl/α,β-unsaturated/α-hetero) is 2. The first-order valence-electron chi connectivity index (χ1n) is 13.2. The minimum absolute atomic E-state index is 0.229. The van der Waals surface area contributed by atoms with Crippen molar-refractivity contribution in [1.82, 2.24) is 5.32 Å². The topological polar surface area (TPSA) is 63.2 Å². The Morgan fingerprint density at radius 1 is 0.895 bits per heavy atom. The third-order valence-electron chi connectivity index (χ3n) is 5.05. The molecule has 0 saturated heterocycles. The molecule has 2 aromatic carbocycles. The summed E-state index contributed by atoms with van der Waals surface area (Å²) in [6, 6.07) is 13.8. The molecule has 1 N–H and O–H groups in total. The Morgan fingerprint density at radius 2 is 1.42 bits per heavy atom. The number of hydrogen-bond acceptors (Lipinski definition) is 3. The Labute approximate surface area is 228 Å². The van der Waals surface area contributed by atoms with Gasteiger partial charge in [0.15, 0.2) is 5.78 Å². The summed E-state index contributed by atoms with van der Waals surface area (Å²) in [5.74, 6) is -3.79. The van der Waals surface area contributed by atoms with Crippen LogP contribution >= 0.6 is 0 Å². The van der Waals surface area contributed by atoms with Crippen molar-refractivity contribution in [2.45, 2.75) is 61.3 Å². The van der Waals surface area contributed by atoms with Gasteiger partial charge in [-0.15, -0.1) is 0 Å². The highest BCUT2D eigenvalue weighted by molar-refractivity contribution is 6.12. The van der Waals surface area contributed by atoms with Crippen molar-refractivity contribution < 1.29 is 18.8 Å². The number of carbonyl (C=O) groups is 3. The lowest BCUT2D eigenvalue weighted by atomic mass is 9.75. The van der Waals surface area contributed by atoms with Crippen LogP contribution in [0.2, 0.25) is 0 Å². The Kier molecular flexibility index (Phi) is 16.9. The van der Waals surface area contributed by atoms with Gasteiger partial charge < -0.3 is 5.32 Å². The molecule has 0 fully saturated rings. The molecule has 0 aliphatic heterocycles. The lowest BCUT2D eigenvalue weighted by Gasteiger charge is -2.26. The summed E-state index contributed by atoms with van der Waals surface area (Å²) < 4.78 is 13.4. The Morgan fingerprint density at radius 3 is 1.87 bits per heavy atom. The fourth-order valence-corrected chi connectivity index (χ4v) is 3.36. The van der Waals surface area contributed by atoms with E-state index >= 15 is 0 Å². The third-order valence-corrected chi connectivity index (χ3v) is 5.05. The van der Waals surface area contributed by atoms with Crippen molar-refractivity contribution in [2.24, 2.45) is 17.8 Å². The van der Waals surface area contributed by atoms with Gasteiger partial charge in [-0.3, -0.25) is 14.4 Å². The minimum Gasteiger partial charge on any atom is -0.326 e. The molecule has 38 heavy (non-hydrogen) atoms. The molecule has 2 aromatic rings. The van der Waals surface area contributed by atoms with Gasteiger partial charge in [0.25, 0.3) is 0 Å². The van der Waals surface area contributed by atoms with Crippen molar-refractivity contribution in [3.8, 4) is 0 Å². The first-order valence-corrected chi connectivity index (χ1v) is 13.2. The molecule has 0 bridgehead atoms. The number of hydrogen-bond donors (Lipinski definition) is 1. The lowest BCUT2D eigenvalue weighted by Crippen LogP contribution is -2.42. The van der Waals surface area contributed by atoms with Gasteiger partial charge in [-0.1, -0.05) is 104 Å². The van der Waals surface area contributed by atoms with E-state index in [1.807, 2.05) is 13.8 Å². The molecule has 0 aromatic heterocycles. The van der Waals surface area contributed by atoms with Crippen molar-refractivity contribution in [3.05, 3.63) is 108 Å². The van der Waals surface area contributed by atoms with Crippen molar-refractivity contribution in [2.75, 3.05) is 0 Å². The molecule has 0 aliphatic carbocycles. The average Bonchev–Trinajstić information content (AvgIpc) is 2.90. The summed E-state index contributed by atoms with van der Waals surface area (Å²) in [4.78, 5) is 40.2. The number of nitrogens with one attached hydrogen (secondary N) is 1. The van der Waals surface area contributed by atoms with Crippen LogP contribution in [0.15, 0.2) is 91.2 Å². The van der Waals surface area contributed by atoms with Gasteiger partial charge in [-0.25, -0.2) is 4.39 Å². The van der Waals surface area contributed by atoms with Crippen molar-refractivity contribution >= 4 is 17.5 Å². The van der Waals surface area contributed by atoms with E-state index < -0.39 is 35.3 Å². The first kappa shape index (κ1) is 34.4. The SMILES string of the molecule is C=C/C=C\C(=C/C)NC(=O)C(C(=O)C(C)C)C(C(=O)c1ccc(F)cc1)c1ccccc1.CC.CC(C)C.